The quantitative estimate of drug-likeness (QED) is 0.806. The zero-order valence-corrected chi connectivity index (χ0v) is 12.6. The van der Waals surface area contributed by atoms with Gasteiger partial charge in [0.15, 0.2) is 0 Å². The van der Waals surface area contributed by atoms with Crippen LogP contribution in [0.25, 0.3) is 10.9 Å². The molecule has 0 fully saturated rings. The fourth-order valence-electron chi connectivity index (χ4n) is 2.64. The Hall–Kier alpha value is -1.20. The van der Waals surface area contributed by atoms with Crippen molar-refractivity contribution in [3.8, 4) is 0 Å². The summed E-state index contributed by atoms with van der Waals surface area (Å²) >= 11 is 3.43. The molecule has 0 saturated carbocycles. The third kappa shape index (κ3) is 2.21. The molecule has 1 aromatic carbocycles. The first-order valence-electron chi connectivity index (χ1n) is 6.41. The first-order chi connectivity index (χ1) is 9.06. The van der Waals surface area contributed by atoms with Gasteiger partial charge >= 0.3 is 0 Å². The van der Waals surface area contributed by atoms with Crippen LogP contribution in [-0.2, 0) is 13.0 Å². The van der Waals surface area contributed by atoms with Crippen molar-refractivity contribution in [2.24, 2.45) is 0 Å². The zero-order valence-electron chi connectivity index (χ0n) is 11.1. The van der Waals surface area contributed by atoms with E-state index in [0.717, 1.165) is 35.2 Å². The predicted octanol–water partition coefficient (Wildman–Crippen LogP) is 2.04. The highest BCUT2D eigenvalue weighted by atomic mass is 79.9. The maximum atomic E-state index is 12.5. The van der Waals surface area contributed by atoms with E-state index in [-0.39, 0.29) is 5.56 Å². The van der Waals surface area contributed by atoms with E-state index in [2.05, 4.69) is 39.9 Å². The molecule has 4 nitrogen and oxygen atoms in total. The summed E-state index contributed by atoms with van der Waals surface area (Å²) in [6.45, 7) is 0.736. The average molecular weight is 322 g/mol. The van der Waals surface area contributed by atoms with Gasteiger partial charge in [-0.3, -0.25) is 9.36 Å². The molecular formula is C14H16BrN3O. The lowest BCUT2D eigenvalue weighted by molar-refractivity contribution is 0.226. The highest BCUT2D eigenvalue weighted by molar-refractivity contribution is 9.10. The number of nitrogens with zero attached hydrogens (tertiary/aromatic N) is 3. The van der Waals surface area contributed by atoms with Gasteiger partial charge in [-0.15, -0.1) is 0 Å². The molecule has 100 valence electrons. The van der Waals surface area contributed by atoms with Crippen LogP contribution in [0.5, 0.6) is 0 Å². The number of benzene rings is 1. The van der Waals surface area contributed by atoms with Crippen molar-refractivity contribution in [3.05, 3.63) is 38.9 Å². The molecule has 0 radical (unpaired) electrons. The Morgan fingerprint density at radius 1 is 1.42 bits per heavy atom. The van der Waals surface area contributed by atoms with Crippen LogP contribution in [0.3, 0.4) is 0 Å². The van der Waals surface area contributed by atoms with Gasteiger partial charge in [0, 0.05) is 23.5 Å². The third-order valence-electron chi connectivity index (χ3n) is 3.82. The molecule has 1 aromatic heterocycles. The minimum absolute atomic E-state index is 0.0825. The van der Waals surface area contributed by atoms with E-state index in [1.807, 2.05) is 22.8 Å². The van der Waals surface area contributed by atoms with Crippen LogP contribution in [0.4, 0.5) is 0 Å². The van der Waals surface area contributed by atoms with Crippen LogP contribution < -0.4 is 5.56 Å². The highest BCUT2D eigenvalue weighted by Gasteiger charge is 2.22. The summed E-state index contributed by atoms with van der Waals surface area (Å²) in [6.07, 6.45) is 1.92. The largest absolute Gasteiger partial charge is 0.305 e. The molecule has 2 heterocycles. The number of hydrogen-bond acceptors (Lipinski definition) is 3. The van der Waals surface area contributed by atoms with Crippen LogP contribution in [0.2, 0.25) is 0 Å². The van der Waals surface area contributed by atoms with Gasteiger partial charge in [-0.2, -0.15) is 0 Å². The van der Waals surface area contributed by atoms with Crippen molar-refractivity contribution < 1.29 is 0 Å². The molecule has 5 heteroatoms. The molecule has 2 aromatic rings. The third-order valence-corrected chi connectivity index (χ3v) is 4.31. The normalized spacial score (nSPS) is 18.8. The Balaban J connectivity index is 2.18. The molecule has 0 bridgehead atoms. The molecule has 0 spiro atoms. The van der Waals surface area contributed by atoms with Crippen molar-refractivity contribution in [2.75, 3.05) is 14.1 Å². The molecule has 1 atom stereocenters. The summed E-state index contributed by atoms with van der Waals surface area (Å²) in [6, 6.07) is 6.07. The Morgan fingerprint density at radius 3 is 2.95 bits per heavy atom. The van der Waals surface area contributed by atoms with Crippen LogP contribution in [0.15, 0.2) is 27.5 Å². The van der Waals surface area contributed by atoms with E-state index in [1.54, 1.807) is 0 Å². The number of hydrogen-bond donors (Lipinski definition) is 0. The minimum atomic E-state index is 0.0825. The minimum Gasteiger partial charge on any atom is -0.305 e. The maximum absolute atomic E-state index is 12.5. The second-order valence-electron chi connectivity index (χ2n) is 5.26. The van der Waals surface area contributed by atoms with E-state index >= 15 is 0 Å². The molecule has 1 aliphatic heterocycles. The molecule has 1 aliphatic rings. The standard InChI is InChI=1S/C14H16BrN3O/c1-17(2)10-4-6-13-16-12-7-9(15)3-5-11(12)14(19)18(13)8-10/h3,5,7,10H,4,6,8H2,1-2H3. The van der Waals surface area contributed by atoms with Crippen LogP contribution in [0, 0.1) is 0 Å². The zero-order chi connectivity index (χ0) is 13.6. The van der Waals surface area contributed by atoms with Gasteiger partial charge in [0.05, 0.1) is 10.9 Å². The molecule has 0 amide bonds. The summed E-state index contributed by atoms with van der Waals surface area (Å²) < 4.78 is 2.79. The molecule has 0 aliphatic carbocycles. The van der Waals surface area contributed by atoms with E-state index in [4.69, 9.17) is 0 Å². The number of fused-ring (bicyclic) bond motifs is 2. The number of aromatic nitrogens is 2. The first kappa shape index (κ1) is 12.8. The highest BCUT2D eigenvalue weighted by Crippen LogP contribution is 2.20. The lowest BCUT2D eigenvalue weighted by atomic mass is 10.1. The van der Waals surface area contributed by atoms with E-state index in [0.29, 0.717) is 11.4 Å². The van der Waals surface area contributed by atoms with Gasteiger partial charge in [0.1, 0.15) is 5.82 Å². The number of halogens is 1. The predicted molar refractivity (Wildman–Crippen MR) is 79.5 cm³/mol. The van der Waals surface area contributed by atoms with Gasteiger partial charge in [0.2, 0.25) is 0 Å². The van der Waals surface area contributed by atoms with E-state index < -0.39 is 0 Å². The molecule has 1 unspecified atom stereocenters. The van der Waals surface area contributed by atoms with Gasteiger partial charge in [0.25, 0.3) is 5.56 Å². The fraction of sp³-hybridized carbons (Fsp3) is 0.429. The summed E-state index contributed by atoms with van der Waals surface area (Å²) in [7, 11) is 4.12. The summed E-state index contributed by atoms with van der Waals surface area (Å²) in [5.74, 6) is 0.911. The Labute approximate surface area is 120 Å². The summed E-state index contributed by atoms with van der Waals surface area (Å²) in [4.78, 5) is 19.4. The lowest BCUT2D eigenvalue weighted by Gasteiger charge is -2.30. The molecule has 0 N–H and O–H groups in total. The molecule has 3 rings (SSSR count). The first-order valence-corrected chi connectivity index (χ1v) is 7.21. The van der Waals surface area contributed by atoms with Crippen molar-refractivity contribution in [3.63, 3.8) is 0 Å². The smallest absolute Gasteiger partial charge is 0.261 e. The van der Waals surface area contributed by atoms with E-state index in [1.165, 1.54) is 0 Å². The second kappa shape index (κ2) is 4.72. The number of likely N-dealkylation sites (N-methyl/N-ethyl adjacent to an activating group) is 1. The Kier molecular flexibility index (Phi) is 3.19. The molecule has 19 heavy (non-hydrogen) atoms. The Morgan fingerprint density at radius 2 is 2.21 bits per heavy atom. The average Bonchev–Trinajstić information content (AvgIpc) is 2.38. The fourth-order valence-corrected chi connectivity index (χ4v) is 2.99. The molecule has 0 saturated heterocycles. The lowest BCUT2D eigenvalue weighted by Crippen LogP contribution is -2.41. The molecular weight excluding hydrogens is 306 g/mol. The van der Waals surface area contributed by atoms with Crippen molar-refractivity contribution in [1.29, 1.82) is 0 Å². The van der Waals surface area contributed by atoms with Gasteiger partial charge < -0.3 is 4.90 Å². The van der Waals surface area contributed by atoms with Crippen molar-refractivity contribution in [1.82, 2.24) is 14.5 Å². The monoisotopic (exact) mass is 321 g/mol. The van der Waals surface area contributed by atoms with Gasteiger partial charge in [-0.1, -0.05) is 15.9 Å². The van der Waals surface area contributed by atoms with Crippen LogP contribution in [-0.4, -0.2) is 34.6 Å². The van der Waals surface area contributed by atoms with Gasteiger partial charge in [-0.05, 0) is 38.7 Å². The summed E-state index contributed by atoms with van der Waals surface area (Å²) in [5.41, 5.74) is 0.868. The SMILES string of the molecule is CN(C)C1CCc2nc3cc(Br)ccc3c(=O)n2C1. The number of rotatable bonds is 1. The summed E-state index contributed by atoms with van der Waals surface area (Å²) in [5, 5.41) is 0.700. The second-order valence-corrected chi connectivity index (χ2v) is 6.18. The van der Waals surface area contributed by atoms with Crippen molar-refractivity contribution in [2.45, 2.75) is 25.4 Å². The van der Waals surface area contributed by atoms with Crippen LogP contribution >= 0.6 is 15.9 Å². The van der Waals surface area contributed by atoms with E-state index in [9.17, 15) is 4.79 Å². The maximum Gasteiger partial charge on any atom is 0.261 e. The topological polar surface area (TPSA) is 38.1 Å². The number of aryl methyl sites for hydroxylation is 1. The van der Waals surface area contributed by atoms with Gasteiger partial charge in [-0.25, -0.2) is 4.98 Å². The Bertz CT molecular complexity index is 693. The van der Waals surface area contributed by atoms with Crippen molar-refractivity contribution >= 4 is 26.8 Å². The van der Waals surface area contributed by atoms with Crippen LogP contribution in [0.1, 0.15) is 12.2 Å².